The van der Waals surface area contributed by atoms with Crippen LogP contribution < -0.4 is 0 Å². The van der Waals surface area contributed by atoms with Crippen LogP contribution in [0, 0.1) is 18.6 Å². The summed E-state index contributed by atoms with van der Waals surface area (Å²) in [5, 5.41) is 10.4. The third kappa shape index (κ3) is 2.96. The van der Waals surface area contributed by atoms with Gasteiger partial charge in [0.1, 0.15) is 17.7 Å². The number of aliphatic hydroxyl groups is 1. The van der Waals surface area contributed by atoms with Gasteiger partial charge in [-0.15, -0.1) is 0 Å². The Bertz CT molecular complexity index is 631. The summed E-state index contributed by atoms with van der Waals surface area (Å²) in [5.41, 5.74) is 1.24. The second-order valence-electron chi connectivity index (χ2n) is 4.19. The molecule has 0 aliphatic carbocycles. The second kappa shape index (κ2) is 5.57. The maximum atomic E-state index is 13.3. The highest BCUT2D eigenvalue weighted by molar-refractivity contribution is 9.10. The van der Waals surface area contributed by atoms with Crippen LogP contribution in [0.3, 0.4) is 0 Å². The molecule has 1 atom stereocenters. The third-order valence-electron chi connectivity index (χ3n) is 2.83. The molecule has 0 aliphatic heterocycles. The Hall–Kier alpha value is -0.970. The third-order valence-corrected chi connectivity index (χ3v) is 3.84. The summed E-state index contributed by atoms with van der Waals surface area (Å²) in [7, 11) is 0. The molecule has 0 radical (unpaired) electrons. The zero-order valence-electron chi connectivity index (χ0n) is 9.92. The van der Waals surface area contributed by atoms with Crippen LogP contribution in [0.15, 0.2) is 34.8 Å². The van der Waals surface area contributed by atoms with Crippen LogP contribution in [0.4, 0.5) is 8.78 Å². The predicted octanol–water partition coefficient (Wildman–Crippen LogP) is 4.77. The van der Waals surface area contributed by atoms with E-state index in [9.17, 15) is 13.9 Å². The molecular formula is C14H10BrClF2O. The Labute approximate surface area is 123 Å². The lowest BCUT2D eigenvalue weighted by Gasteiger charge is -2.16. The number of rotatable bonds is 2. The number of halogens is 4. The summed E-state index contributed by atoms with van der Waals surface area (Å²) >= 11 is 9.13. The highest BCUT2D eigenvalue weighted by atomic mass is 79.9. The minimum absolute atomic E-state index is 0.131. The predicted molar refractivity (Wildman–Crippen MR) is 74.3 cm³/mol. The molecule has 0 aromatic heterocycles. The van der Waals surface area contributed by atoms with Crippen LogP contribution in [0.5, 0.6) is 0 Å². The van der Waals surface area contributed by atoms with Gasteiger partial charge in [-0.05, 0) is 42.3 Å². The van der Waals surface area contributed by atoms with Crippen LogP contribution in [0.2, 0.25) is 5.02 Å². The first-order valence-electron chi connectivity index (χ1n) is 5.48. The van der Waals surface area contributed by atoms with Crippen LogP contribution in [0.1, 0.15) is 22.8 Å². The van der Waals surface area contributed by atoms with Crippen molar-refractivity contribution in [3.8, 4) is 0 Å². The average molecular weight is 348 g/mol. The zero-order chi connectivity index (χ0) is 14.2. The van der Waals surface area contributed by atoms with Gasteiger partial charge in [0, 0.05) is 15.1 Å². The molecule has 2 rings (SSSR count). The first-order chi connectivity index (χ1) is 8.90. The normalized spacial score (nSPS) is 12.5. The molecule has 0 heterocycles. The van der Waals surface area contributed by atoms with E-state index in [0.717, 1.165) is 6.07 Å². The van der Waals surface area contributed by atoms with Crippen LogP contribution >= 0.6 is 27.5 Å². The van der Waals surface area contributed by atoms with Crippen molar-refractivity contribution in [1.29, 1.82) is 0 Å². The van der Waals surface area contributed by atoms with Crippen LogP contribution in [0.25, 0.3) is 0 Å². The fraction of sp³-hybridized carbons (Fsp3) is 0.143. The summed E-state index contributed by atoms with van der Waals surface area (Å²) in [4.78, 5) is 0. The van der Waals surface area contributed by atoms with E-state index in [1.807, 2.05) is 0 Å². The largest absolute Gasteiger partial charge is 0.384 e. The van der Waals surface area contributed by atoms with Crippen molar-refractivity contribution in [3.63, 3.8) is 0 Å². The Morgan fingerprint density at radius 1 is 1.16 bits per heavy atom. The Kier molecular flexibility index (Phi) is 4.23. The van der Waals surface area contributed by atoms with Crippen LogP contribution in [-0.4, -0.2) is 5.11 Å². The van der Waals surface area contributed by atoms with Gasteiger partial charge in [-0.1, -0.05) is 33.6 Å². The molecule has 5 heteroatoms. The van der Waals surface area contributed by atoms with Gasteiger partial charge in [0.05, 0.1) is 0 Å². The minimum atomic E-state index is -1.05. The quantitative estimate of drug-likeness (QED) is 0.829. The SMILES string of the molecule is Cc1cc(C(O)c2ccc(F)cc2Br)c(Cl)cc1F. The molecule has 0 aliphatic rings. The molecule has 1 N–H and O–H groups in total. The first kappa shape index (κ1) is 14.4. The van der Waals surface area contributed by atoms with Crippen molar-refractivity contribution in [2.24, 2.45) is 0 Å². The molecule has 0 spiro atoms. The highest BCUT2D eigenvalue weighted by Gasteiger charge is 2.18. The molecule has 0 fully saturated rings. The lowest BCUT2D eigenvalue weighted by atomic mass is 9.99. The van der Waals surface area contributed by atoms with Gasteiger partial charge in [0.25, 0.3) is 0 Å². The van der Waals surface area contributed by atoms with E-state index in [0.29, 0.717) is 21.2 Å². The van der Waals surface area contributed by atoms with Gasteiger partial charge in [0.2, 0.25) is 0 Å². The number of aryl methyl sites for hydroxylation is 1. The zero-order valence-corrected chi connectivity index (χ0v) is 12.3. The first-order valence-corrected chi connectivity index (χ1v) is 6.66. The lowest BCUT2D eigenvalue weighted by molar-refractivity contribution is 0.219. The average Bonchev–Trinajstić information content (AvgIpc) is 2.33. The monoisotopic (exact) mass is 346 g/mol. The van der Waals surface area contributed by atoms with Gasteiger partial charge in [-0.3, -0.25) is 0 Å². The summed E-state index contributed by atoms with van der Waals surface area (Å²) in [6, 6.07) is 6.60. The van der Waals surface area contributed by atoms with Crippen molar-refractivity contribution in [2.45, 2.75) is 13.0 Å². The molecule has 1 unspecified atom stereocenters. The molecule has 0 amide bonds. The summed E-state index contributed by atoms with van der Waals surface area (Å²) in [6.45, 7) is 1.58. The molecule has 0 bridgehead atoms. The molecular weight excluding hydrogens is 338 g/mol. The molecule has 2 aromatic rings. The minimum Gasteiger partial charge on any atom is -0.384 e. The van der Waals surface area contributed by atoms with Crippen LogP contribution in [-0.2, 0) is 0 Å². The summed E-state index contributed by atoms with van der Waals surface area (Å²) in [5.74, 6) is -0.844. The van der Waals surface area contributed by atoms with E-state index >= 15 is 0 Å². The molecule has 0 saturated heterocycles. The van der Waals surface area contributed by atoms with Crippen molar-refractivity contribution >= 4 is 27.5 Å². The highest BCUT2D eigenvalue weighted by Crippen LogP contribution is 2.34. The van der Waals surface area contributed by atoms with E-state index in [2.05, 4.69) is 15.9 Å². The van der Waals surface area contributed by atoms with E-state index < -0.39 is 17.7 Å². The van der Waals surface area contributed by atoms with Crippen molar-refractivity contribution in [2.75, 3.05) is 0 Å². The van der Waals surface area contributed by atoms with E-state index in [1.165, 1.54) is 24.3 Å². The van der Waals surface area contributed by atoms with Gasteiger partial charge in [0.15, 0.2) is 0 Å². The number of benzene rings is 2. The van der Waals surface area contributed by atoms with Crippen molar-refractivity contribution in [3.05, 3.63) is 68.2 Å². The molecule has 100 valence electrons. The molecule has 19 heavy (non-hydrogen) atoms. The Morgan fingerprint density at radius 3 is 2.47 bits per heavy atom. The summed E-state index contributed by atoms with van der Waals surface area (Å²) < 4.78 is 26.8. The van der Waals surface area contributed by atoms with E-state index in [4.69, 9.17) is 11.6 Å². The maximum absolute atomic E-state index is 13.3. The van der Waals surface area contributed by atoms with Gasteiger partial charge in [-0.2, -0.15) is 0 Å². The van der Waals surface area contributed by atoms with E-state index in [-0.39, 0.29) is 5.02 Å². The number of aliphatic hydroxyl groups excluding tert-OH is 1. The smallest absolute Gasteiger partial charge is 0.127 e. The van der Waals surface area contributed by atoms with Gasteiger partial charge in [-0.25, -0.2) is 8.78 Å². The van der Waals surface area contributed by atoms with Crippen molar-refractivity contribution < 1.29 is 13.9 Å². The topological polar surface area (TPSA) is 20.2 Å². The fourth-order valence-corrected chi connectivity index (χ4v) is 2.60. The second-order valence-corrected chi connectivity index (χ2v) is 5.45. The maximum Gasteiger partial charge on any atom is 0.127 e. The standard InChI is InChI=1S/C14H10BrClF2O/c1-7-4-10(12(16)6-13(7)18)14(19)9-3-2-8(17)5-11(9)15/h2-6,14,19H,1H3. The Balaban J connectivity index is 2.49. The fourth-order valence-electron chi connectivity index (χ4n) is 1.78. The van der Waals surface area contributed by atoms with Gasteiger partial charge >= 0.3 is 0 Å². The number of hydrogen-bond acceptors (Lipinski definition) is 1. The van der Waals surface area contributed by atoms with E-state index in [1.54, 1.807) is 6.92 Å². The number of hydrogen-bond donors (Lipinski definition) is 1. The van der Waals surface area contributed by atoms with Crippen molar-refractivity contribution in [1.82, 2.24) is 0 Å². The summed E-state index contributed by atoms with van der Waals surface area (Å²) in [6.07, 6.45) is -1.05. The molecule has 2 aromatic carbocycles. The Morgan fingerprint density at radius 2 is 1.84 bits per heavy atom. The lowest BCUT2D eigenvalue weighted by Crippen LogP contribution is -2.03. The molecule has 0 saturated carbocycles. The molecule has 1 nitrogen and oxygen atoms in total. The van der Waals surface area contributed by atoms with Gasteiger partial charge < -0.3 is 5.11 Å².